The van der Waals surface area contributed by atoms with Crippen LogP contribution in [0.4, 0.5) is 0 Å². The summed E-state index contributed by atoms with van der Waals surface area (Å²) in [4.78, 5) is 18.1. The van der Waals surface area contributed by atoms with Crippen molar-refractivity contribution in [1.82, 2.24) is 14.5 Å². The van der Waals surface area contributed by atoms with Crippen LogP contribution in [0, 0.1) is 5.92 Å². The van der Waals surface area contributed by atoms with Crippen molar-refractivity contribution in [2.24, 2.45) is 5.92 Å². The molecule has 0 radical (unpaired) electrons. The number of carbonyl (C=O) groups excluding carboxylic acids is 1. The molecule has 0 saturated heterocycles. The highest BCUT2D eigenvalue weighted by Gasteiger charge is 2.27. The van der Waals surface area contributed by atoms with Crippen LogP contribution in [0.25, 0.3) is 0 Å². The Hall–Kier alpha value is -1.36. The first kappa shape index (κ1) is 12.1. The number of carbonyl (C=O) groups is 1. The van der Waals surface area contributed by atoms with Gasteiger partial charge in [0.1, 0.15) is 0 Å². The van der Waals surface area contributed by atoms with Gasteiger partial charge >= 0.3 is 0 Å². The second-order valence-corrected chi connectivity index (χ2v) is 4.41. The summed E-state index contributed by atoms with van der Waals surface area (Å²) in [6.45, 7) is 3.94. The zero-order valence-corrected chi connectivity index (χ0v) is 10.2. The Balaban J connectivity index is 2.02. The molecule has 0 aliphatic carbocycles. The number of hydrogen-bond acceptors (Lipinski definition) is 3. The number of nitrogens with zero attached hydrogens (tertiary/aromatic N) is 3. The second kappa shape index (κ2) is 5.31. The lowest BCUT2D eigenvalue weighted by atomic mass is 9.94. The molecule has 1 aromatic heterocycles. The Labute approximate surface area is 101 Å². The Morgan fingerprint density at radius 3 is 3.24 bits per heavy atom. The minimum absolute atomic E-state index is 0.0320. The highest BCUT2D eigenvalue weighted by molar-refractivity contribution is 5.79. The molecule has 1 aliphatic heterocycles. The van der Waals surface area contributed by atoms with Crippen LogP contribution >= 0.6 is 0 Å². The molecule has 1 amide bonds. The number of fused-ring (bicyclic) bond motifs is 1. The summed E-state index contributed by atoms with van der Waals surface area (Å²) >= 11 is 0. The van der Waals surface area contributed by atoms with Crippen LogP contribution in [0.1, 0.15) is 19.0 Å². The number of hydrogen-bond donors (Lipinski definition) is 1. The van der Waals surface area contributed by atoms with E-state index < -0.39 is 0 Å². The van der Waals surface area contributed by atoms with Crippen LogP contribution in [-0.2, 0) is 17.8 Å². The Bertz CT molecular complexity index is 389. The molecule has 0 aromatic carbocycles. The number of aromatic nitrogens is 2. The maximum absolute atomic E-state index is 12.2. The van der Waals surface area contributed by atoms with Crippen LogP contribution in [0.15, 0.2) is 12.5 Å². The molecule has 2 rings (SSSR count). The van der Waals surface area contributed by atoms with Gasteiger partial charge in [0, 0.05) is 43.9 Å². The minimum atomic E-state index is 0.0320. The number of imidazole rings is 1. The zero-order chi connectivity index (χ0) is 12.3. The number of aliphatic hydroxyl groups is 1. The van der Waals surface area contributed by atoms with Gasteiger partial charge in [0.05, 0.1) is 12.9 Å². The van der Waals surface area contributed by atoms with Crippen molar-refractivity contribution in [2.45, 2.75) is 26.3 Å². The third-order valence-electron chi connectivity index (χ3n) is 3.39. The zero-order valence-electron chi connectivity index (χ0n) is 10.2. The average Bonchev–Trinajstić information content (AvgIpc) is 2.82. The van der Waals surface area contributed by atoms with E-state index in [2.05, 4.69) is 9.55 Å². The number of rotatable bonds is 4. The number of likely N-dealkylation sites (N-methyl/N-ethyl adjacent to an activating group) is 1. The summed E-state index contributed by atoms with van der Waals surface area (Å²) < 4.78 is 2.10. The minimum Gasteiger partial charge on any atom is -0.395 e. The van der Waals surface area contributed by atoms with Gasteiger partial charge in [-0.15, -0.1) is 0 Å². The lowest BCUT2D eigenvalue weighted by Gasteiger charge is -2.28. The van der Waals surface area contributed by atoms with Crippen molar-refractivity contribution in [3.05, 3.63) is 18.2 Å². The van der Waals surface area contributed by atoms with Crippen LogP contribution in [0.5, 0.6) is 0 Å². The van der Waals surface area contributed by atoms with E-state index in [9.17, 15) is 4.79 Å². The molecule has 17 heavy (non-hydrogen) atoms. The predicted octanol–water partition coefficient (Wildman–Crippen LogP) is 0.286. The number of aryl methyl sites for hydroxylation is 1. The van der Waals surface area contributed by atoms with Gasteiger partial charge in [0.2, 0.25) is 5.91 Å². The van der Waals surface area contributed by atoms with Crippen molar-refractivity contribution in [1.29, 1.82) is 0 Å². The quantitative estimate of drug-likeness (QED) is 0.818. The van der Waals surface area contributed by atoms with Crippen LogP contribution < -0.4 is 0 Å². The molecule has 1 unspecified atom stereocenters. The first-order valence-corrected chi connectivity index (χ1v) is 6.15. The number of aliphatic hydroxyl groups excluding tert-OH is 1. The summed E-state index contributed by atoms with van der Waals surface area (Å²) in [6, 6.07) is 0. The van der Waals surface area contributed by atoms with Crippen molar-refractivity contribution < 1.29 is 9.90 Å². The molecule has 2 heterocycles. The SMILES string of the molecule is CCN(CCO)C(=O)C1CCn2cncc2C1. The molecule has 0 fully saturated rings. The second-order valence-electron chi connectivity index (χ2n) is 4.41. The van der Waals surface area contributed by atoms with Crippen LogP contribution in [0.2, 0.25) is 0 Å². The fraction of sp³-hybridized carbons (Fsp3) is 0.667. The van der Waals surface area contributed by atoms with E-state index in [-0.39, 0.29) is 18.4 Å². The van der Waals surface area contributed by atoms with Crippen LogP contribution in [-0.4, -0.2) is 45.2 Å². The molecule has 1 aromatic rings. The van der Waals surface area contributed by atoms with E-state index in [0.29, 0.717) is 13.1 Å². The first-order chi connectivity index (χ1) is 8.26. The Kier molecular flexibility index (Phi) is 3.78. The Morgan fingerprint density at radius 2 is 2.53 bits per heavy atom. The maximum Gasteiger partial charge on any atom is 0.226 e. The van der Waals surface area contributed by atoms with E-state index in [4.69, 9.17) is 5.11 Å². The summed E-state index contributed by atoms with van der Waals surface area (Å²) in [5, 5.41) is 8.93. The topological polar surface area (TPSA) is 58.4 Å². The van der Waals surface area contributed by atoms with Gasteiger partial charge < -0.3 is 14.6 Å². The molecule has 1 N–H and O–H groups in total. The van der Waals surface area contributed by atoms with Gasteiger partial charge in [0.15, 0.2) is 0 Å². The van der Waals surface area contributed by atoms with Crippen LogP contribution in [0.3, 0.4) is 0 Å². The summed E-state index contributed by atoms with van der Waals surface area (Å²) in [5.74, 6) is 0.208. The molecule has 0 bridgehead atoms. The van der Waals surface area contributed by atoms with Crippen molar-refractivity contribution in [2.75, 3.05) is 19.7 Å². The Morgan fingerprint density at radius 1 is 1.71 bits per heavy atom. The average molecular weight is 237 g/mol. The van der Waals surface area contributed by atoms with Gasteiger partial charge in [-0.1, -0.05) is 0 Å². The number of amides is 1. The molecule has 1 atom stereocenters. The predicted molar refractivity (Wildman–Crippen MR) is 63.4 cm³/mol. The third-order valence-corrected chi connectivity index (χ3v) is 3.39. The van der Waals surface area contributed by atoms with E-state index in [1.807, 2.05) is 19.4 Å². The van der Waals surface area contributed by atoms with Crippen molar-refractivity contribution in [3.8, 4) is 0 Å². The first-order valence-electron chi connectivity index (χ1n) is 6.15. The van der Waals surface area contributed by atoms with E-state index in [1.165, 1.54) is 0 Å². The largest absolute Gasteiger partial charge is 0.395 e. The standard InChI is InChI=1S/C12H19N3O2/c1-2-14(5-6-16)12(17)10-3-4-15-9-13-8-11(15)7-10/h8-10,16H,2-7H2,1H3. The van der Waals surface area contributed by atoms with Gasteiger partial charge in [0.25, 0.3) is 0 Å². The fourth-order valence-corrected chi connectivity index (χ4v) is 2.38. The molecule has 94 valence electrons. The summed E-state index contributed by atoms with van der Waals surface area (Å²) in [7, 11) is 0. The van der Waals surface area contributed by atoms with E-state index in [0.717, 1.165) is 25.1 Å². The molecule has 5 nitrogen and oxygen atoms in total. The van der Waals surface area contributed by atoms with E-state index >= 15 is 0 Å². The lowest BCUT2D eigenvalue weighted by Crippen LogP contribution is -2.40. The van der Waals surface area contributed by atoms with Gasteiger partial charge in [-0.3, -0.25) is 4.79 Å². The van der Waals surface area contributed by atoms with Crippen molar-refractivity contribution in [3.63, 3.8) is 0 Å². The van der Waals surface area contributed by atoms with Gasteiger partial charge in [-0.2, -0.15) is 0 Å². The van der Waals surface area contributed by atoms with Gasteiger partial charge in [-0.05, 0) is 13.3 Å². The van der Waals surface area contributed by atoms with Crippen molar-refractivity contribution >= 4 is 5.91 Å². The normalized spacial score (nSPS) is 18.8. The molecular formula is C12H19N3O2. The monoisotopic (exact) mass is 237 g/mol. The van der Waals surface area contributed by atoms with E-state index in [1.54, 1.807) is 4.90 Å². The lowest BCUT2D eigenvalue weighted by molar-refractivity contribution is -0.136. The molecule has 0 spiro atoms. The molecular weight excluding hydrogens is 218 g/mol. The summed E-state index contributed by atoms with van der Waals surface area (Å²) in [5.41, 5.74) is 1.13. The molecule has 5 heteroatoms. The van der Waals surface area contributed by atoms with Gasteiger partial charge in [-0.25, -0.2) is 4.98 Å². The highest BCUT2D eigenvalue weighted by Crippen LogP contribution is 2.21. The molecule has 0 saturated carbocycles. The maximum atomic E-state index is 12.2. The smallest absolute Gasteiger partial charge is 0.226 e. The highest BCUT2D eigenvalue weighted by atomic mass is 16.3. The third kappa shape index (κ3) is 2.49. The summed E-state index contributed by atoms with van der Waals surface area (Å²) in [6.07, 6.45) is 5.29. The fourth-order valence-electron chi connectivity index (χ4n) is 2.38. The molecule has 1 aliphatic rings.